The van der Waals surface area contributed by atoms with Gasteiger partial charge in [0.25, 0.3) is 11.8 Å². The summed E-state index contributed by atoms with van der Waals surface area (Å²) in [6, 6.07) is 10.5. The minimum atomic E-state index is -1.28. The maximum atomic E-state index is 12.8. The second kappa shape index (κ2) is 9.14. The van der Waals surface area contributed by atoms with Crippen molar-refractivity contribution in [1.29, 1.82) is 0 Å². The number of hydrogen-bond acceptors (Lipinski definition) is 6. The van der Waals surface area contributed by atoms with Crippen LogP contribution in [0.25, 0.3) is 0 Å². The van der Waals surface area contributed by atoms with Gasteiger partial charge in [0.2, 0.25) is 5.91 Å². The Kier molecular flexibility index (Phi) is 6.11. The summed E-state index contributed by atoms with van der Waals surface area (Å²) in [6.45, 7) is 0.468. The van der Waals surface area contributed by atoms with Crippen molar-refractivity contribution in [3.8, 4) is 11.8 Å². The molecule has 0 spiro atoms. The van der Waals surface area contributed by atoms with E-state index in [2.05, 4.69) is 17.2 Å². The first kappa shape index (κ1) is 22.0. The van der Waals surface area contributed by atoms with Crippen molar-refractivity contribution in [3.63, 3.8) is 0 Å². The number of imide groups is 1. The second-order valence-corrected chi connectivity index (χ2v) is 7.83. The van der Waals surface area contributed by atoms with Gasteiger partial charge < -0.3 is 10.4 Å². The molecule has 4 rings (SSSR count). The van der Waals surface area contributed by atoms with Gasteiger partial charge in [-0.25, -0.2) is 10.3 Å². The van der Waals surface area contributed by atoms with Crippen molar-refractivity contribution in [1.82, 2.24) is 10.4 Å². The van der Waals surface area contributed by atoms with Crippen LogP contribution in [0.2, 0.25) is 0 Å². The summed E-state index contributed by atoms with van der Waals surface area (Å²) >= 11 is 0. The zero-order valence-electron chi connectivity index (χ0n) is 17.5. The van der Waals surface area contributed by atoms with E-state index >= 15 is 0 Å². The van der Waals surface area contributed by atoms with Crippen LogP contribution in [0.15, 0.2) is 42.5 Å². The Labute approximate surface area is 189 Å². The summed E-state index contributed by atoms with van der Waals surface area (Å²) in [4.78, 5) is 49.5. The molecule has 4 N–H and O–H groups in total. The number of aliphatic carboxylic acids is 1. The summed E-state index contributed by atoms with van der Waals surface area (Å²) in [7, 11) is 0. The largest absolute Gasteiger partial charge is 0.480 e. The molecule has 0 aromatic heterocycles. The SMILES string of the molecule is O=C(CCC#Cc1ccc2c(c1)NCC2C[C@@H](C(=O)O)N1C(=O)c2ccccc2C1=O)NO. The molecule has 2 heterocycles. The van der Waals surface area contributed by atoms with Crippen molar-refractivity contribution >= 4 is 29.4 Å². The van der Waals surface area contributed by atoms with Crippen LogP contribution in [0.1, 0.15) is 57.0 Å². The van der Waals surface area contributed by atoms with Gasteiger partial charge in [-0.15, -0.1) is 0 Å². The smallest absolute Gasteiger partial charge is 0.326 e. The highest BCUT2D eigenvalue weighted by molar-refractivity contribution is 6.22. The van der Waals surface area contributed by atoms with Gasteiger partial charge in [0.15, 0.2) is 0 Å². The van der Waals surface area contributed by atoms with Gasteiger partial charge in [-0.3, -0.25) is 24.5 Å². The molecule has 2 aliphatic rings. The van der Waals surface area contributed by atoms with Gasteiger partial charge in [-0.05, 0) is 36.2 Å². The molecule has 168 valence electrons. The van der Waals surface area contributed by atoms with E-state index in [4.69, 9.17) is 5.21 Å². The van der Waals surface area contributed by atoms with Gasteiger partial charge >= 0.3 is 5.97 Å². The molecule has 33 heavy (non-hydrogen) atoms. The number of hydrogen-bond donors (Lipinski definition) is 4. The Hall–Kier alpha value is -4.16. The topological polar surface area (TPSA) is 136 Å². The van der Waals surface area contributed by atoms with Gasteiger partial charge in [-0.1, -0.05) is 30.0 Å². The number of fused-ring (bicyclic) bond motifs is 2. The van der Waals surface area contributed by atoms with Crippen LogP contribution in [0.4, 0.5) is 5.69 Å². The Morgan fingerprint density at radius 1 is 1.15 bits per heavy atom. The molecule has 9 heteroatoms. The third-order valence-electron chi connectivity index (χ3n) is 5.80. The molecular weight excluding hydrogens is 426 g/mol. The summed E-state index contributed by atoms with van der Waals surface area (Å²) < 4.78 is 0. The zero-order chi connectivity index (χ0) is 23.5. The molecule has 9 nitrogen and oxygen atoms in total. The zero-order valence-corrected chi connectivity index (χ0v) is 17.5. The molecule has 0 fully saturated rings. The first-order valence-electron chi connectivity index (χ1n) is 10.4. The molecule has 2 aromatic carbocycles. The second-order valence-electron chi connectivity index (χ2n) is 7.83. The van der Waals surface area contributed by atoms with Crippen LogP contribution in [0, 0.1) is 11.8 Å². The predicted molar refractivity (Wildman–Crippen MR) is 117 cm³/mol. The van der Waals surface area contributed by atoms with Crippen molar-refractivity contribution < 1.29 is 29.5 Å². The van der Waals surface area contributed by atoms with E-state index in [0.717, 1.165) is 21.7 Å². The number of hydroxylamine groups is 1. The van der Waals surface area contributed by atoms with Gasteiger partial charge in [0.1, 0.15) is 6.04 Å². The number of carboxylic acids is 1. The fourth-order valence-electron chi connectivity index (χ4n) is 4.17. The van der Waals surface area contributed by atoms with E-state index in [1.54, 1.807) is 23.7 Å². The third kappa shape index (κ3) is 4.29. The van der Waals surface area contributed by atoms with Crippen LogP contribution >= 0.6 is 0 Å². The average molecular weight is 447 g/mol. The number of amides is 3. The van der Waals surface area contributed by atoms with E-state index in [9.17, 15) is 24.3 Å². The average Bonchev–Trinajstić information content (AvgIpc) is 3.33. The first-order valence-corrected chi connectivity index (χ1v) is 10.4. The molecule has 2 aliphatic heterocycles. The minimum Gasteiger partial charge on any atom is -0.480 e. The molecule has 0 radical (unpaired) electrons. The third-order valence-corrected chi connectivity index (χ3v) is 5.80. The highest BCUT2D eigenvalue weighted by Gasteiger charge is 2.44. The van der Waals surface area contributed by atoms with Gasteiger partial charge in [-0.2, -0.15) is 0 Å². The molecule has 0 bridgehead atoms. The fraction of sp³-hybridized carbons (Fsp3) is 0.250. The van der Waals surface area contributed by atoms with E-state index in [0.29, 0.717) is 13.0 Å². The molecule has 1 unspecified atom stereocenters. The molecule has 3 amide bonds. The van der Waals surface area contributed by atoms with Gasteiger partial charge in [0.05, 0.1) is 11.1 Å². The molecule has 0 saturated carbocycles. The lowest BCUT2D eigenvalue weighted by Gasteiger charge is -2.25. The Bertz CT molecular complexity index is 1180. The predicted octanol–water partition coefficient (Wildman–Crippen LogP) is 1.97. The van der Waals surface area contributed by atoms with Crippen LogP contribution in [-0.2, 0) is 9.59 Å². The monoisotopic (exact) mass is 447 g/mol. The van der Waals surface area contributed by atoms with Crippen molar-refractivity contribution in [2.45, 2.75) is 31.2 Å². The van der Waals surface area contributed by atoms with Crippen LogP contribution in [0.3, 0.4) is 0 Å². The number of nitrogens with one attached hydrogen (secondary N) is 2. The number of carbonyl (C=O) groups excluding carboxylic acids is 3. The number of carbonyl (C=O) groups is 4. The first-order chi connectivity index (χ1) is 15.9. The highest BCUT2D eigenvalue weighted by atomic mass is 16.5. The van der Waals surface area contributed by atoms with Crippen molar-refractivity contribution in [2.75, 3.05) is 11.9 Å². The summed E-state index contributed by atoms with van der Waals surface area (Å²) in [5, 5.41) is 21.6. The van der Waals surface area contributed by atoms with E-state index in [-0.39, 0.29) is 29.9 Å². The molecule has 2 aromatic rings. The Balaban J connectivity index is 1.50. The lowest BCUT2D eigenvalue weighted by molar-refractivity contribution is -0.142. The Morgan fingerprint density at radius 3 is 2.48 bits per heavy atom. The van der Waals surface area contributed by atoms with E-state index in [1.807, 2.05) is 12.1 Å². The van der Waals surface area contributed by atoms with Gasteiger partial charge in [0, 0.05) is 36.6 Å². The van der Waals surface area contributed by atoms with Crippen molar-refractivity contribution in [2.24, 2.45) is 0 Å². The number of rotatable bonds is 6. The Morgan fingerprint density at radius 2 is 1.85 bits per heavy atom. The standard InChI is InChI=1S/C24H21N3O6/c28-21(26-33)8-4-1-5-14-9-10-16-15(13-25-19(16)11-14)12-20(24(31)32)27-22(29)17-6-2-3-7-18(17)23(27)30/h2-3,6-7,9-11,15,20,25,33H,4,8,12-13H2,(H,26,28)(H,31,32)/t15?,20-/m0/s1. The fourth-order valence-corrected chi connectivity index (χ4v) is 4.17. The van der Waals surface area contributed by atoms with Crippen LogP contribution in [0.5, 0.6) is 0 Å². The quantitative estimate of drug-likeness (QED) is 0.230. The maximum Gasteiger partial charge on any atom is 0.326 e. The normalized spacial score (nSPS) is 16.9. The molecular formula is C24H21N3O6. The highest BCUT2D eigenvalue weighted by Crippen LogP contribution is 2.37. The lowest BCUT2D eigenvalue weighted by atomic mass is 9.92. The number of carboxylic acid groups (broad SMARTS) is 1. The summed E-state index contributed by atoms with van der Waals surface area (Å²) in [5.41, 5.74) is 4.42. The number of benzene rings is 2. The molecule has 0 aliphatic carbocycles. The summed E-state index contributed by atoms with van der Waals surface area (Å²) in [6.07, 6.45) is 0.464. The lowest BCUT2D eigenvalue weighted by Crippen LogP contribution is -2.45. The van der Waals surface area contributed by atoms with E-state index in [1.165, 1.54) is 12.1 Å². The maximum absolute atomic E-state index is 12.8. The number of anilines is 1. The van der Waals surface area contributed by atoms with Crippen LogP contribution < -0.4 is 10.8 Å². The number of nitrogens with zero attached hydrogens (tertiary/aromatic N) is 1. The van der Waals surface area contributed by atoms with Crippen molar-refractivity contribution in [3.05, 3.63) is 64.7 Å². The molecule has 2 atom stereocenters. The molecule has 0 saturated heterocycles. The van der Waals surface area contributed by atoms with Crippen LogP contribution in [-0.4, -0.2) is 51.5 Å². The summed E-state index contributed by atoms with van der Waals surface area (Å²) in [5.74, 6) is 2.69. The minimum absolute atomic E-state index is 0.0854. The van der Waals surface area contributed by atoms with E-state index < -0.39 is 29.7 Å².